The zero-order valence-electron chi connectivity index (χ0n) is 12.7. The SMILES string of the molecule is CN(Cc1ccc(Cl)s1)C(=O)c1cn(C2CCNCC2)nn1.Cl. The number of amides is 1. The molecule has 3 heterocycles. The minimum atomic E-state index is -0.121. The molecule has 0 spiro atoms. The number of carbonyl (C=O) groups excluding carboxylic acids is 1. The van der Waals surface area contributed by atoms with Crippen LogP contribution in [-0.4, -0.2) is 45.9 Å². The summed E-state index contributed by atoms with van der Waals surface area (Å²) in [5, 5.41) is 11.5. The van der Waals surface area contributed by atoms with E-state index in [-0.39, 0.29) is 18.3 Å². The zero-order valence-corrected chi connectivity index (χ0v) is 15.1. The summed E-state index contributed by atoms with van der Waals surface area (Å²) in [5.41, 5.74) is 0.392. The highest BCUT2D eigenvalue weighted by Crippen LogP contribution is 2.23. The Morgan fingerprint density at radius 2 is 2.22 bits per heavy atom. The summed E-state index contributed by atoms with van der Waals surface area (Å²) in [7, 11) is 1.76. The van der Waals surface area contributed by atoms with Crippen LogP contribution in [0.5, 0.6) is 0 Å². The van der Waals surface area contributed by atoms with Gasteiger partial charge in [-0.25, -0.2) is 4.68 Å². The molecule has 2 aromatic heterocycles. The predicted octanol–water partition coefficient (Wildman–Crippen LogP) is 2.61. The largest absolute Gasteiger partial charge is 0.335 e. The Hall–Kier alpha value is -1.15. The van der Waals surface area contributed by atoms with Crippen LogP contribution in [0.4, 0.5) is 0 Å². The molecule has 0 atom stereocenters. The third-order valence-corrected chi connectivity index (χ3v) is 5.00. The Labute approximate surface area is 150 Å². The number of thiophene rings is 1. The standard InChI is InChI=1S/C14H18ClN5OS.ClH/c1-19(8-11-2-3-13(15)22-11)14(21)12-9-20(18-17-12)10-4-6-16-7-5-10;/h2-3,9-10,16H,4-8H2,1H3;1H. The molecule has 6 nitrogen and oxygen atoms in total. The summed E-state index contributed by atoms with van der Waals surface area (Å²) >= 11 is 7.39. The van der Waals surface area contributed by atoms with Crippen molar-refractivity contribution >= 4 is 41.3 Å². The van der Waals surface area contributed by atoms with Gasteiger partial charge in [-0.1, -0.05) is 16.8 Å². The number of hydrogen-bond acceptors (Lipinski definition) is 5. The topological polar surface area (TPSA) is 63.1 Å². The molecule has 1 saturated heterocycles. The van der Waals surface area contributed by atoms with Crippen LogP contribution < -0.4 is 5.32 Å². The van der Waals surface area contributed by atoms with Crippen LogP contribution in [0.3, 0.4) is 0 Å². The average molecular weight is 376 g/mol. The van der Waals surface area contributed by atoms with Crippen molar-refractivity contribution in [2.75, 3.05) is 20.1 Å². The second kappa shape index (κ2) is 8.10. The summed E-state index contributed by atoms with van der Waals surface area (Å²) in [6, 6.07) is 4.10. The van der Waals surface area contributed by atoms with Crippen molar-refractivity contribution in [3.05, 3.63) is 33.2 Å². The number of rotatable bonds is 4. The van der Waals surface area contributed by atoms with Gasteiger partial charge in [0.25, 0.3) is 5.91 Å². The Morgan fingerprint density at radius 3 is 2.87 bits per heavy atom. The monoisotopic (exact) mass is 375 g/mol. The Kier molecular flexibility index (Phi) is 6.41. The highest BCUT2D eigenvalue weighted by Gasteiger charge is 2.20. The number of aromatic nitrogens is 3. The molecule has 0 aromatic carbocycles. The van der Waals surface area contributed by atoms with Crippen molar-refractivity contribution in [2.45, 2.75) is 25.4 Å². The maximum absolute atomic E-state index is 12.4. The molecule has 1 fully saturated rings. The zero-order chi connectivity index (χ0) is 15.5. The third kappa shape index (κ3) is 4.44. The van der Waals surface area contributed by atoms with E-state index in [1.54, 1.807) is 18.1 Å². The van der Waals surface area contributed by atoms with Crippen LogP contribution in [0, 0.1) is 0 Å². The molecule has 0 aliphatic carbocycles. The van der Waals surface area contributed by atoms with Gasteiger partial charge in [0.2, 0.25) is 0 Å². The summed E-state index contributed by atoms with van der Waals surface area (Å²) in [5.74, 6) is -0.121. The lowest BCUT2D eigenvalue weighted by molar-refractivity contribution is 0.0780. The number of halogens is 2. The first-order valence-corrected chi connectivity index (χ1v) is 8.45. The summed E-state index contributed by atoms with van der Waals surface area (Å²) in [6.45, 7) is 2.48. The van der Waals surface area contributed by atoms with Crippen LogP contribution in [0.2, 0.25) is 4.34 Å². The van der Waals surface area contributed by atoms with E-state index in [9.17, 15) is 4.79 Å². The molecule has 0 saturated carbocycles. The van der Waals surface area contributed by atoms with Gasteiger partial charge in [0.05, 0.1) is 23.1 Å². The van der Waals surface area contributed by atoms with E-state index >= 15 is 0 Å². The molecular weight excluding hydrogens is 357 g/mol. The van der Waals surface area contributed by atoms with Gasteiger partial charge in [0.1, 0.15) is 0 Å². The first kappa shape index (κ1) is 18.2. The molecule has 1 N–H and O–H groups in total. The summed E-state index contributed by atoms with van der Waals surface area (Å²) in [6.07, 6.45) is 3.79. The molecule has 1 aliphatic rings. The van der Waals surface area contributed by atoms with Crippen molar-refractivity contribution in [1.82, 2.24) is 25.2 Å². The summed E-state index contributed by atoms with van der Waals surface area (Å²) in [4.78, 5) is 15.1. The van der Waals surface area contributed by atoms with E-state index in [2.05, 4.69) is 15.6 Å². The lowest BCUT2D eigenvalue weighted by Gasteiger charge is -2.22. The highest BCUT2D eigenvalue weighted by molar-refractivity contribution is 7.16. The van der Waals surface area contributed by atoms with E-state index in [0.29, 0.717) is 18.3 Å². The van der Waals surface area contributed by atoms with Crippen LogP contribution >= 0.6 is 35.3 Å². The molecule has 126 valence electrons. The molecule has 0 radical (unpaired) electrons. The van der Waals surface area contributed by atoms with Gasteiger partial charge in [0.15, 0.2) is 5.69 Å². The van der Waals surface area contributed by atoms with Gasteiger partial charge >= 0.3 is 0 Å². The van der Waals surface area contributed by atoms with Crippen molar-refractivity contribution in [2.24, 2.45) is 0 Å². The highest BCUT2D eigenvalue weighted by atomic mass is 35.5. The molecule has 3 rings (SSSR count). The Balaban J connectivity index is 0.00000192. The van der Waals surface area contributed by atoms with E-state index in [1.165, 1.54) is 11.3 Å². The number of piperidine rings is 1. The van der Waals surface area contributed by atoms with Gasteiger partial charge in [-0.15, -0.1) is 28.8 Å². The van der Waals surface area contributed by atoms with Gasteiger partial charge in [-0.2, -0.15) is 0 Å². The van der Waals surface area contributed by atoms with E-state index in [1.807, 2.05) is 16.8 Å². The number of nitrogens with zero attached hydrogens (tertiary/aromatic N) is 4. The number of hydrogen-bond donors (Lipinski definition) is 1. The minimum Gasteiger partial charge on any atom is -0.335 e. The number of carbonyl (C=O) groups is 1. The lowest BCUT2D eigenvalue weighted by atomic mass is 10.1. The molecule has 9 heteroatoms. The molecule has 2 aromatic rings. The quantitative estimate of drug-likeness (QED) is 0.891. The van der Waals surface area contributed by atoms with Crippen LogP contribution in [0.1, 0.15) is 34.2 Å². The summed E-state index contributed by atoms with van der Waals surface area (Å²) < 4.78 is 2.55. The predicted molar refractivity (Wildman–Crippen MR) is 93.5 cm³/mol. The third-order valence-electron chi connectivity index (χ3n) is 3.78. The van der Waals surface area contributed by atoms with E-state index < -0.39 is 0 Å². The fourth-order valence-electron chi connectivity index (χ4n) is 2.56. The second-order valence-corrected chi connectivity index (χ2v) is 7.23. The first-order valence-electron chi connectivity index (χ1n) is 7.25. The Bertz CT molecular complexity index is 653. The lowest BCUT2D eigenvalue weighted by Crippen LogP contribution is -2.29. The number of nitrogens with one attached hydrogen (secondary N) is 1. The van der Waals surface area contributed by atoms with E-state index in [0.717, 1.165) is 35.1 Å². The first-order chi connectivity index (χ1) is 10.6. The maximum atomic E-state index is 12.4. The van der Waals surface area contributed by atoms with Crippen molar-refractivity contribution in [1.29, 1.82) is 0 Å². The molecule has 0 bridgehead atoms. The minimum absolute atomic E-state index is 0. The van der Waals surface area contributed by atoms with Crippen molar-refractivity contribution in [3.63, 3.8) is 0 Å². The molecule has 23 heavy (non-hydrogen) atoms. The molecule has 1 aliphatic heterocycles. The van der Waals surface area contributed by atoms with Crippen molar-refractivity contribution < 1.29 is 4.79 Å². The van der Waals surface area contributed by atoms with Crippen LogP contribution in [-0.2, 0) is 6.54 Å². The smallest absolute Gasteiger partial charge is 0.276 e. The van der Waals surface area contributed by atoms with Crippen molar-refractivity contribution in [3.8, 4) is 0 Å². The Morgan fingerprint density at radius 1 is 1.48 bits per heavy atom. The van der Waals surface area contributed by atoms with E-state index in [4.69, 9.17) is 11.6 Å². The van der Waals surface area contributed by atoms with Crippen LogP contribution in [0.15, 0.2) is 18.3 Å². The molecule has 0 unspecified atom stereocenters. The molecule has 1 amide bonds. The van der Waals surface area contributed by atoms with Gasteiger partial charge in [-0.05, 0) is 38.1 Å². The second-order valence-electron chi connectivity index (χ2n) is 5.43. The van der Waals surface area contributed by atoms with Gasteiger partial charge < -0.3 is 10.2 Å². The maximum Gasteiger partial charge on any atom is 0.276 e. The van der Waals surface area contributed by atoms with Crippen LogP contribution in [0.25, 0.3) is 0 Å². The normalized spacial score (nSPS) is 15.2. The fourth-order valence-corrected chi connectivity index (χ4v) is 3.70. The van der Waals surface area contributed by atoms with Gasteiger partial charge in [-0.3, -0.25) is 4.79 Å². The molecular formula is C14H19Cl2N5OS. The fraction of sp³-hybridized carbons (Fsp3) is 0.500. The van der Waals surface area contributed by atoms with Gasteiger partial charge in [0, 0.05) is 11.9 Å². The average Bonchev–Trinajstić information content (AvgIpc) is 3.17.